The lowest BCUT2D eigenvalue weighted by molar-refractivity contribution is 0.165. The van der Waals surface area contributed by atoms with Gasteiger partial charge >= 0.3 is 0 Å². The maximum atomic E-state index is 3.79. The summed E-state index contributed by atoms with van der Waals surface area (Å²) in [6, 6.07) is 0.746. The Balaban J connectivity index is 2.37. The predicted molar refractivity (Wildman–Crippen MR) is 76.4 cm³/mol. The van der Waals surface area contributed by atoms with Gasteiger partial charge in [-0.1, -0.05) is 26.7 Å². The van der Waals surface area contributed by atoms with Gasteiger partial charge in [-0.05, 0) is 52.6 Å². The van der Waals surface area contributed by atoms with E-state index in [0.29, 0.717) is 0 Å². The van der Waals surface area contributed by atoms with E-state index < -0.39 is 0 Å². The van der Waals surface area contributed by atoms with Crippen LogP contribution in [0, 0.1) is 11.8 Å². The summed E-state index contributed by atoms with van der Waals surface area (Å²) in [6.45, 7) is 10.5. The molecule has 0 amide bonds. The molecule has 1 saturated carbocycles. The van der Waals surface area contributed by atoms with Crippen molar-refractivity contribution < 1.29 is 0 Å². The van der Waals surface area contributed by atoms with E-state index in [9.17, 15) is 0 Å². The molecule has 0 aromatic heterocycles. The van der Waals surface area contributed by atoms with E-state index in [2.05, 4.69) is 52.0 Å². The molecule has 0 radical (unpaired) electrons. The summed E-state index contributed by atoms with van der Waals surface area (Å²) in [5, 5.41) is 3.79. The molecular weight excluding hydrogens is 208 g/mol. The summed E-state index contributed by atoms with van der Waals surface area (Å²) in [5.41, 5.74) is 0.255. The molecule has 102 valence electrons. The van der Waals surface area contributed by atoms with Gasteiger partial charge in [0.25, 0.3) is 0 Å². The molecule has 2 nitrogen and oxygen atoms in total. The molecule has 0 saturated heterocycles. The van der Waals surface area contributed by atoms with E-state index >= 15 is 0 Å². The first-order valence-corrected chi connectivity index (χ1v) is 7.23. The highest BCUT2D eigenvalue weighted by molar-refractivity contribution is 4.85. The molecule has 0 aromatic carbocycles. The van der Waals surface area contributed by atoms with Crippen LogP contribution >= 0.6 is 0 Å². The fraction of sp³-hybridized carbons (Fsp3) is 1.00. The molecule has 1 rings (SSSR count). The smallest absolute Gasteiger partial charge is 0.0271 e. The molecule has 0 spiro atoms. The summed E-state index contributed by atoms with van der Waals surface area (Å²) in [6.07, 6.45) is 5.59. The van der Waals surface area contributed by atoms with Crippen LogP contribution in [0.4, 0.5) is 0 Å². The van der Waals surface area contributed by atoms with Crippen LogP contribution in [-0.2, 0) is 0 Å². The Bertz CT molecular complexity index is 221. The molecule has 0 aromatic rings. The first kappa shape index (κ1) is 15.0. The maximum absolute atomic E-state index is 3.79. The lowest BCUT2D eigenvalue weighted by Crippen LogP contribution is -2.50. The van der Waals surface area contributed by atoms with Crippen molar-refractivity contribution in [3.05, 3.63) is 0 Å². The molecule has 1 aliphatic carbocycles. The van der Waals surface area contributed by atoms with Gasteiger partial charge in [-0.3, -0.25) is 0 Å². The molecule has 2 unspecified atom stereocenters. The van der Waals surface area contributed by atoms with Gasteiger partial charge in [0.05, 0.1) is 0 Å². The van der Waals surface area contributed by atoms with Crippen LogP contribution in [0.3, 0.4) is 0 Å². The highest BCUT2D eigenvalue weighted by Crippen LogP contribution is 2.30. The molecule has 1 N–H and O–H groups in total. The Morgan fingerprint density at radius 2 is 1.88 bits per heavy atom. The fourth-order valence-corrected chi connectivity index (χ4v) is 2.57. The van der Waals surface area contributed by atoms with Crippen LogP contribution in [0.2, 0.25) is 0 Å². The molecule has 2 heteroatoms. The van der Waals surface area contributed by atoms with E-state index in [1.54, 1.807) is 0 Å². The Kier molecular flexibility index (Phi) is 5.46. The number of likely N-dealkylation sites (N-methyl/N-ethyl adjacent to an activating group) is 1. The van der Waals surface area contributed by atoms with E-state index in [0.717, 1.165) is 24.4 Å². The van der Waals surface area contributed by atoms with Gasteiger partial charge in [0.1, 0.15) is 0 Å². The van der Waals surface area contributed by atoms with Crippen molar-refractivity contribution in [2.75, 3.05) is 20.6 Å². The molecule has 2 atom stereocenters. The second-order valence-corrected chi connectivity index (χ2v) is 6.96. The number of nitrogens with zero attached hydrogens (tertiary/aromatic N) is 1. The second-order valence-electron chi connectivity index (χ2n) is 6.96. The lowest BCUT2D eigenvalue weighted by atomic mass is 9.79. The van der Waals surface area contributed by atoms with Crippen LogP contribution in [0.15, 0.2) is 0 Å². The topological polar surface area (TPSA) is 15.3 Å². The normalized spacial score (nSPS) is 26.8. The average molecular weight is 240 g/mol. The molecule has 0 bridgehead atoms. The third-order valence-corrected chi connectivity index (χ3v) is 4.69. The van der Waals surface area contributed by atoms with Crippen LogP contribution in [-0.4, -0.2) is 37.1 Å². The fourth-order valence-electron chi connectivity index (χ4n) is 2.57. The third-order valence-electron chi connectivity index (χ3n) is 4.69. The molecule has 1 fully saturated rings. The summed E-state index contributed by atoms with van der Waals surface area (Å²) in [7, 11) is 4.33. The lowest BCUT2D eigenvalue weighted by Gasteiger charge is -2.37. The highest BCUT2D eigenvalue weighted by atomic mass is 15.2. The van der Waals surface area contributed by atoms with Crippen molar-refractivity contribution in [1.29, 1.82) is 0 Å². The Morgan fingerprint density at radius 1 is 1.24 bits per heavy atom. The van der Waals surface area contributed by atoms with Gasteiger partial charge in [0, 0.05) is 18.1 Å². The average Bonchev–Trinajstić information content (AvgIpc) is 2.26. The molecule has 0 aliphatic heterocycles. The summed E-state index contributed by atoms with van der Waals surface area (Å²) < 4.78 is 0. The van der Waals surface area contributed by atoms with Crippen LogP contribution < -0.4 is 5.32 Å². The number of nitrogens with one attached hydrogen (secondary N) is 1. The maximum Gasteiger partial charge on any atom is 0.0271 e. The first-order chi connectivity index (χ1) is 7.83. The molecular formula is C15H32N2. The zero-order chi connectivity index (χ0) is 13.1. The summed E-state index contributed by atoms with van der Waals surface area (Å²) >= 11 is 0. The minimum Gasteiger partial charge on any atom is -0.312 e. The third kappa shape index (κ3) is 4.59. The van der Waals surface area contributed by atoms with E-state index in [1.807, 2.05) is 0 Å². The van der Waals surface area contributed by atoms with Gasteiger partial charge in [0.15, 0.2) is 0 Å². The molecule has 1 aliphatic rings. The van der Waals surface area contributed by atoms with Crippen LogP contribution in [0.25, 0.3) is 0 Å². The van der Waals surface area contributed by atoms with Crippen molar-refractivity contribution >= 4 is 0 Å². The van der Waals surface area contributed by atoms with E-state index in [1.165, 1.54) is 25.7 Å². The van der Waals surface area contributed by atoms with Gasteiger partial charge in [0.2, 0.25) is 0 Å². The minimum atomic E-state index is 0.255. The number of hydrogen-bond acceptors (Lipinski definition) is 2. The monoisotopic (exact) mass is 240 g/mol. The van der Waals surface area contributed by atoms with Crippen molar-refractivity contribution in [1.82, 2.24) is 10.2 Å². The predicted octanol–water partition coefficient (Wildman–Crippen LogP) is 3.13. The SMILES string of the molecule is CC(C)C1CCCC(NCC(C)(C)N(C)C)C1. The highest BCUT2D eigenvalue weighted by Gasteiger charge is 2.26. The minimum absolute atomic E-state index is 0.255. The quantitative estimate of drug-likeness (QED) is 0.794. The van der Waals surface area contributed by atoms with Crippen LogP contribution in [0.1, 0.15) is 53.4 Å². The Morgan fingerprint density at radius 3 is 2.41 bits per heavy atom. The number of hydrogen-bond donors (Lipinski definition) is 1. The van der Waals surface area contributed by atoms with Gasteiger partial charge < -0.3 is 10.2 Å². The van der Waals surface area contributed by atoms with Crippen molar-refractivity contribution in [2.24, 2.45) is 11.8 Å². The molecule has 17 heavy (non-hydrogen) atoms. The van der Waals surface area contributed by atoms with E-state index in [-0.39, 0.29) is 5.54 Å². The van der Waals surface area contributed by atoms with Gasteiger partial charge in [-0.15, -0.1) is 0 Å². The first-order valence-electron chi connectivity index (χ1n) is 7.23. The Labute approximate surface area is 108 Å². The van der Waals surface area contributed by atoms with Crippen LogP contribution in [0.5, 0.6) is 0 Å². The summed E-state index contributed by atoms with van der Waals surface area (Å²) in [5.74, 6) is 1.78. The van der Waals surface area contributed by atoms with Crippen molar-refractivity contribution in [3.63, 3.8) is 0 Å². The zero-order valence-corrected chi connectivity index (χ0v) is 12.7. The standard InChI is InChI=1S/C15H32N2/c1-12(2)13-8-7-9-14(10-13)16-11-15(3,4)17(5)6/h12-14,16H,7-11H2,1-6H3. The second kappa shape index (κ2) is 6.19. The van der Waals surface area contributed by atoms with Gasteiger partial charge in [-0.2, -0.15) is 0 Å². The molecule has 0 heterocycles. The number of rotatable bonds is 5. The van der Waals surface area contributed by atoms with Crippen molar-refractivity contribution in [2.45, 2.75) is 65.0 Å². The Hall–Kier alpha value is -0.0800. The van der Waals surface area contributed by atoms with E-state index in [4.69, 9.17) is 0 Å². The van der Waals surface area contributed by atoms with Crippen molar-refractivity contribution in [3.8, 4) is 0 Å². The summed E-state index contributed by atoms with van der Waals surface area (Å²) in [4.78, 5) is 2.31. The van der Waals surface area contributed by atoms with Gasteiger partial charge in [-0.25, -0.2) is 0 Å². The largest absolute Gasteiger partial charge is 0.312 e. The zero-order valence-electron chi connectivity index (χ0n) is 12.7.